The van der Waals surface area contributed by atoms with Gasteiger partial charge in [-0.3, -0.25) is 9.00 Å². The molecule has 0 aliphatic rings. The second kappa shape index (κ2) is 6.31. The minimum Gasteiger partial charge on any atom is -0.349 e. The van der Waals surface area contributed by atoms with Crippen LogP contribution in [0, 0.1) is 6.92 Å². The largest absolute Gasteiger partial charge is 0.349 e. The summed E-state index contributed by atoms with van der Waals surface area (Å²) in [5.74, 6) is 0.335. The first-order valence-corrected chi connectivity index (χ1v) is 7.79. The Labute approximate surface area is 113 Å². The number of rotatable bonds is 4. The molecule has 1 aromatic carbocycles. The van der Waals surface area contributed by atoms with Gasteiger partial charge in [0.1, 0.15) is 0 Å². The van der Waals surface area contributed by atoms with Crippen LogP contribution in [0.3, 0.4) is 0 Å². The van der Waals surface area contributed by atoms with Crippen LogP contribution in [-0.4, -0.2) is 28.2 Å². The molecule has 2 atom stereocenters. The molecular formula is C12H16BrNO2S. The van der Waals surface area contributed by atoms with E-state index in [-0.39, 0.29) is 11.9 Å². The zero-order valence-corrected chi connectivity index (χ0v) is 12.5. The predicted molar refractivity (Wildman–Crippen MR) is 74.7 cm³/mol. The van der Waals surface area contributed by atoms with Crippen LogP contribution in [0.4, 0.5) is 0 Å². The highest BCUT2D eigenvalue weighted by molar-refractivity contribution is 9.10. The molecule has 1 amide bonds. The topological polar surface area (TPSA) is 46.2 Å². The van der Waals surface area contributed by atoms with Crippen molar-refractivity contribution in [3.05, 3.63) is 33.8 Å². The molecule has 0 radical (unpaired) electrons. The third-order valence-corrected chi connectivity index (χ3v) is 4.12. The van der Waals surface area contributed by atoms with Crippen molar-refractivity contribution in [1.29, 1.82) is 0 Å². The molecule has 5 heteroatoms. The van der Waals surface area contributed by atoms with Gasteiger partial charge in [-0.25, -0.2) is 0 Å². The molecule has 0 spiro atoms. The van der Waals surface area contributed by atoms with Crippen LogP contribution in [-0.2, 0) is 10.8 Å². The third-order valence-electron chi connectivity index (χ3n) is 2.30. The summed E-state index contributed by atoms with van der Waals surface area (Å²) in [5.41, 5.74) is 1.69. The average molecular weight is 318 g/mol. The minimum absolute atomic E-state index is 0.0894. The summed E-state index contributed by atoms with van der Waals surface area (Å²) in [4.78, 5) is 11.9. The fraction of sp³-hybridized carbons (Fsp3) is 0.417. The summed E-state index contributed by atoms with van der Waals surface area (Å²) in [5, 5.41) is 2.82. The first-order valence-electron chi connectivity index (χ1n) is 5.27. The maximum absolute atomic E-state index is 11.9. The molecular weight excluding hydrogens is 302 g/mol. The zero-order chi connectivity index (χ0) is 13.0. The highest BCUT2D eigenvalue weighted by Gasteiger charge is 2.11. The molecule has 1 rings (SSSR count). The maximum atomic E-state index is 11.9. The number of hydrogen-bond acceptors (Lipinski definition) is 2. The lowest BCUT2D eigenvalue weighted by Crippen LogP contribution is -2.36. The van der Waals surface area contributed by atoms with Crippen molar-refractivity contribution in [2.75, 3.05) is 12.0 Å². The summed E-state index contributed by atoms with van der Waals surface area (Å²) in [6.07, 6.45) is 1.63. The predicted octanol–water partition coefficient (Wildman–Crippen LogP) is 2.25. The van der Waals surface area contributed by atoms with Gasteiger partial charge in [-0.1, -0.05) is 22.0 Å². The van der Waals surface area contributed by atoms with E-state index in [9.17, 15) is 9.00 Å². The van der Waals surface area contributed by atoms with Gasteiger partial charge in [-0.2, -0.15) is 0 Å². The molecule has 2 unspecified atom stereocenters. The van der Waals surface area contributed by atoms with Gasteiger partial charge < -0.3 is 5.32 Å². The van der Waals surface area contributed by atoms with E-state index in [0.717, 1.165) is 10.0 Å². The smallest absolute Gasteiger partial charge is 0.251 e. The summed E-state index contributed by atoms with van der Waals surface area (Å²) < 4.78 is 11.9. The minimum atomic E-state index is -0.901. The van der Waals surface area contributed by atoms with Crippen LogP contribution < -0.4 is 5.32 Å². The van der Waals surface area contributed by atoms with Gasteiger partial charge in [0.25, 0.3) is 5.91 Å². The lowest BCUT2D eigenvalue weighted by atomic mass is 10.1. The molecule has 0 aromatic heterocycles. The molecule has 0 fully saturated rings. The second-order valence-corrected chi connectivity index (χ2v) is 6.41. The summed E-state index contributed by atoms with van der Waals surface area (Å²) >= 11 is 3.39. The Bertz CT molecular complexity index is 448. The van der Waals surface area contributed by atoms with E-state index < -0.39 is 10.8 Å². The van der Waals surface area contributed by atoms with Crippen LogP contribution in [0.2, 0.25) is 0 Å². The molecule has 0 saturated carbocycles. The fourth-order valence-electron chi connectivity index (χ4n) is 1.43. The van der Waals surface area contributed by atoms with Gasteiger partial charge >= 0.3 is 0 Å². The van der Waals surface area contributed by atoms with Crippen molar-refractivity contribution in [3.8, 4) is 0 Å². The SMILES string of the molecule is Cc1ccc(C(=O)NC(C)CS(C)=O)cc1Br. The van der Waals surface area contributed by atoms with E-state index in [4.69, 9.17) is 0 Å². The summed E-state index contributed by atoms with van der Waals surface area (Å²) in [6.45, 7) is 3.82. The Morgan fingerprint density at radius 2 is 2.18 bits per heavy atom. The number of nitrogens with one attached hydrogen (secondary N) is 1. The number of amides is 1. The molecule has 1 N–H and O–H groups in total. The molecule has 0 heterocycles. The Morgan fingerprint density at radius 1 is 1.53 bits per heavy atom. The lowest BCUT2D eigenvalue weighted by molar-refractivity contribution is 0.0943. The van der Waals surface area contributed by atoms with Crippen LogP contribution in [0.1, 0.15) is 22.8 Å². The fourth-order valence-corrected chi connectivity index (χ4v) is 2.60. The first kappa shape index (κ1) is 14.4. The van der Waals surface area contributed by atoms with Crippen LogP contribution in [0.15, 0.2) is 22.7 Å². The van der Waals surface area contributed by atoms with Gasteiger partial charge in [0.2, 0.25) is 0 Å². The summed E-state index contributed by atoms with van der Waals surface area (Å²) in [6, 6.07) is 5.38. The Hall–Kier alpha value is -0.680. The lowest BCUT2D eigenvalue weighted by Gasteiger charge is -2.12. The molecule has 0 saturated heterocycles. The summed E-state index contributed by atoms with van der Waals surface area (Å²) in [7, 11) is -0.901. The first-order chi connectivity index (χ1) is 7.90. The van der Waals surface area contributed by atoms with Crippen molar-refractivity contribution in [3.63, 3.8) is 0 Å². The van der Waals surface area contributed by atoms with E-state index in [1.54, 1.807) is 18.4 Å². The van der Waals surface area contributed by atoms with E-state index in [2.05, 4.69) is 21.2 Å². The van der Waals surface area contributed by atoms with Crippen molar-refractivity contribution in [2.24, 2.45) is 0 Å². The van der Waals surface area contributed by atoms with Crippen molar-refractivity contribution in [1.82, 2.24) is 5.32 Å². The van der Waals surface area contributed by atoms with E-state index in [0.29, 0.717) is 11.3 Å². The van der Waals surface area contributed by atoms with Gasteiger partial charge in [0.15, 0.2) is 0 Å². The number of hydrogen-bond donors (Lipinski definition) is 1. The Balaban J connectivity index is 2.70. The average Bonchev–Trinajstić information content (AvgIpc) is 2.20. The molecule has 3 nitrogen and oxygen atoms in total. The maximum Gasteiger partial charge on any atom is 0.251 e. The van der Waals surface area contributed by atoms with Crippen LogP contribution in [0.25, 0.3) is 0 Å². The quantitative estimate of drug-likeness (QED) is 0.925. The van der Waals surface area contributed by atoms with Crippen molar-refractivity contribution < 1.29 is 9.00 Å². The van der Waals surface area contributed by atoms with Crippen molar-refractivity contribution >= 4 is 32.6 Å². The number of carbonyl (C=O) groups is 1. The van der Waals surface area contributed by atoms with Gasteiger partial charge in [-0.05, 0) is 31.5 Å². The second-order valence-electron chi connectivity index (χ2n) is 4.08. The Kier molecular flexibility index (Phi) is 5.33. The van der Waals surface area contributed by atoms with Gasteiger partial charge in [0.05, 0.1) is 0 Å². The van der Waals surface area contributed by atoms with E-state index >= 15 is 0 Å². The van der Waals surface area contributed by atoms with Gasteiger partial charge in [0, 0.05) is 38.9 Å². The third kappa shape index (κ3) is 4.60. The molecule has 94 valence electrons. The standard InChI is InChI=1S/C12H16BrNO2S/c1-8-4-5-10(6-11(8)13)12(15)14-9(2)7-17(3)16/h4-6,9H,7H2,1-3H3,(H,14,15). The highest BCUT2D eigenvalue weighted by Crippen LogP contribution is 2.17. The van der Waals surface area contributed by atoms with Crippen LogP contribution in [0.5, 0.6) is 0 Å². The number of carbonyl (C=O) groups excluding carboxylic acids is 1. The van der Waals surface area contributed by atoms with Crippen LogP contribution >= 0.6 is 15.9 Å². The number of aryl methyl sites for hydroxylation is 1. The molecule has 1 aromatic rings. The Morgan fingerprint density at radius 3 is 2.71 bits per heavy atom. The normalized spacial score (nSPS) is 14.1. The van der Waals surface area contributed by atoms with E-state index in [1.807, 2.05) is 19.9 Å². The number of halogens is 1. The van der Waals surface area contributed by atoms with Gasteiger partial charge in [-0.15, -0.1) is 0 Å². The molecule has 17 heavy (non-hydrogen) atoms. The molecule has 0 aliphatic carbocycles. The number of benzene rings is 1. The van der Waals surface area contributed by atoms with E-state index in [1.165, 1.54) is 0 Å². The van der Waals surface area contributed by atoms with Crippen molar-refractivity contribution in [2.45, 2.75) is 19.9 Å². The molecule has 0 aliphatic heterocycles. The zero-order valence-electron chi connectivity index (χ0n) is 10.1. The molecule has 0 bridgehead atoms. The highest BCUT2D eigenvalue weighted by atomic mass is 79.9. The monoisotopic (exact) mass is 317 g/mol.